The van der Waals surface area contributed by atoms with E-state index in [2.05, 4.69) is 10.2 Å². The van der Waals surface area contributed by atoms with Crippen LogP contribution in [0.2, 0.25) is 5.02 Å². The number of ketones is 1. The van der Waals surface area contributed by atoms with Crippen molar-refractivity contribution in [1.29, 1.82) is 0 Å². The van der Waals surface area contributed by atoms with Gasteiger partial charge < -0.3 is 5.73 Å². The Kier molecular flexibility index (Phi) is 3.61. The minimum Gasteiger partial charge on any atom is -0.383 e. The van der Waals surface area contributed by atoms with Crippen molar-refractivity contribution in [1.82, 2.24) is 19.6 Å². The molecule has 0 atom stereocenters. The SMILES string of the molecule is CCc1nn(C)c(CC(=O)c2cnn(C)c2N)c1Cl. The van der Waals surface area contributed by atoms with Crippen LogP contribution in [0.1, 0.15) is 28.7 Å². The molecule has 0 amide bonds. The number of hydrogen-bond acceptors (Lipinski definition) is 4. The molecular weight excluding hydrogens is 266 g/mol. The zero-order valence-electron chi connectivity index (χ0n) is 11.1. The first-order valence-corrected chi connectivity index (χ1v) is 6.34. The first-order valence-electron chi connectivity index (χ1n) is 5.96. The number of anilines is 1. The van der Waals surface area contributed by atoms with Crippen molar-refractivity contribution < 1.29 is 4.79 Å². The third-order valence-corrected chi connectivity index (χ3v) is 3.55. The van der Waals surface area contributed by atoms with Gasteiger partial charge in [-0.25, -0.2) is 0 Å². The fraction of sp³-hybridized carbons (Fsp3) is 0.417. The van der Waals surface area contributed by atoms with Gasteiger partial charge in [0.25, 0.3) is 0 Å². The van der Waals surface area contributed by atoms with Crippen LogP contribution in [-0.2, 0) is 26.9 Å². The summed E-state index contributed by atoms with van der Waals surface area (Å²) >= 11 is 6.22. The van der Waals surface area contributed by atoms with Crippen LogP contribution in [0.4, 0.5) is 5.82 Å². The zero-order chi connectivity index (χ0) is 14.2. The van der Waals surface area contributed by atoms with Gasteiger partial charge in [0.2, 0.25) is 0 Å². The third kappa shape index (κ3) is 2.35. The molecule has 0 radical (unpaired) electrons. The van der Waals surface area contributed by atoms with Crippen molar-refractivity contribution in [2.75, 3.05) is 5.73 Å². The fourth-order valence-corrected chi connectivity index (χ4v) is 2.28. The van der Waals surface area contributed by atoms with Gasteiger partial charge in [-0.3, -0.25) is 14.2 Å². The average molecular weight is 282 g/mol. The fourth-order valence-electron chi connectivity index (χ4n) is 1.92. The van der Waals surface area contributed by atoms with Crippen molar-refractivity contribution >= 4 is 23.2 Å². The maximum Gasteiger partial charge on any atom is 0.174 e. The molecule has 0 aromatic carbocycles. The number of nitrogens with zero attached hydrogens (tertiary/aromatic N) is 4. The Labute approximate surface area is 116 Å². The first kappa shape index (κ1) is 13.6. The molecule has 0 aliphatic heterocycles. The van der Waals surface area contributed by atoms with Gasteiger partial charge in [0.1, 0.15) is 5.82 Å². The smallest absolute Gasteiger partial charge is 0.174 e. The second-order valence-electron chi connectivity index (χ2n) is 4.35. The third-order valence-electron chi connectivity index (χ3n) is 3.12. The van der Waals surface area contributed by atoms with Crippen LogP contribution in [0.3, 0.4) is 0 Å². The Morgan fingerprint density at radius 2 is 2.11 bits per heavy atom. The second-order valence-corrected chi connectivity index (χ2v) is 4.73. The lowest BCUT2D eigenvalue weighted by atomic mass is 10.1. The molecule has 7 heteroatoms. The summed E-state index contributed by atoms with van der Waals surface area (Å²) in [4.78, 5) is 12.2. The van der Waals surface area contributed by atoms with E-state index in [1.807, 2.05) is 6.92 Å². The van der Waals surface area contributed by atoms with Crippen molar-refractivity contribution in [3.05, 3.63) is 28.2 Å². The number of nitrogen functional groups attached to an aromatic ring is 1. The lowest BCUT2D eigenvalue weighted by molar-refractivity contribution is 0.0991. The van der Waals surface area contributed by atoms with Crippen molar-refractivity contribution in [3.8, 4) is 0 Å². The summed E-state index contributed by atoms with van der Waals surface area (Å²) in [6.45, 7) is 1.97. The van der Waals surface area contributed by atoms with E-state index >= 15 is 0 Å². The highest BCUT2D eigenvalue weighted by Crippen LogP contribution is 2.23. The normalized spacial score (nSPS) is 10.9. The predicted molar refractivity (Wildman–Crippen MR) is 73.3 cm³/mol. The van der Waals surface area contributed by atoms with E-state index < -0.39 is 0 Å². The van der Waals surface area contributed by atoms with Gasteiger partial charge in [-0.05, 0) is 6.42 Å². The minimum atomic E-state index is -0.113. The Bertz CT molecular complexity index is 628. The topological polar surface area (TPSA) is 78.7 Å². The molecule has 0 saturated carbocycles. The van der Waals surface area contributed by atoms with E-state index in [4.69, 9.17) is 17.3 Å². The first-order chi connectivity index (χ1) is 8.95. The van der Waals surface area contributed by atoms with E-state index in [1.165, 1.54) is 10.9 Å². The van der Waals surface area contributed by atoms with E-state index in [0.29, 0.717) is 22.1 Å². The van der Waals surface area contributed by atoms with Gasteiger partial charge in [-0.15, -0.1) is 0 Å². The summed E-state index contributed by atoms with van der Waals surface area (Å²) < 4.78 is 3.11. The molecule has 2 aromatic heterocycles. The van der Waals surface area contributed by atoms with Crippen LogP contribution in [0.5, 0.6) is 0 Å². The Hall–Kier alpha value is -1.82. The lowest BCUT2D eigenvalue weighted by Crippen LogP contribution is -2.10. The summed E-state index contributed by atoms with van der Waals surface area (Å²) in [6, 6.07) is 0. The molecule has 19 heavy (non-hydrogen) atoms. The molecule has 0 spiro atoms. The summed E-state index contributed by atoms with van der Waals surface area (Å²) in [7, 11) is 3.47. The molecule has 0 unspecified atom stereocenters. The number of carbonyl (C=O) groups excluding carboxylic acids is 1. The van der Waals surface area contributed by atoms with Crippen LogP contribution in [0.15, 0.2) is 6.20 Å². The van der Waals surface area contributed by atoms with Crippen LogP contribution in [-0.4, -0.2) is 25.3 Å². The van der Waals surface area contributed by atoms with Crippen molar-refractivity contribution in [2.45, 2.75) is 19.8 Å². The van der Waals surface area contributed by atoms with E-state index in [-0.39, 0.29) is 12.2 Å². The van der Waals surface area contributed by atoms with Crippen molar-refractivity contribution in [2.24, 2.45) is 14.1 Å². The molecular formula is C12H16ClN5O. The lowest BCUT2D eigenvalue weighted by Gasteiger charge is -2.02. The van der Waals surface area contributed by atoms with Crippen LogP contribution in [0.25, 0.3) is 0 Å². The largest absolute Gasteiger partial charge is 0.383 e. The second kappa shape index (κ2) is 5.05. The number of rotatable bonds is 4. The monoisotopic (exact) mass is 281 g/mol. The highest BCUT2D eigenvalue weighted by atomic mass is 35.5. The van der Waals surface area contributed by atoms with E-state index in [0.717, 1.165) is 12.1 Å². The molecule has 6 nitrogen and oxygen atoms in total. The number of carbonyl (C=O) groups is 1. The van der Waals surface area contributed by atoms with Crippen molar-refractivity contribution in [3.63, 3.8) is 0 Å². The average Bonchev–Trinajstić information content (AvgIpc) is 2.84. The molecule has 2 N–H and O–H groups in total. The number of nitrogens with two attached hydrogens (primary N) is 1. The molecule has 0 aliphatic rings. The van der Waals surface area contributed by atoms with Crippen LogP contribution >= 0.6 is 11.6 Å². The molecule has 2 aromatic rings. The molecule has 0 saturated heterocycles. The molecule has 0 bridgehead atoms. The van der Waals surface area contributed by atoms with Crippen LogP contribution in [0, 0.1) is 0 Å². The highest BCUT2D eigenvalue weighted by molar-refractivity contribution is 6.32. The number of aromatic nitrogens is 4. The number of halogens is 1. The summed E-state index contributed by atoms with van der Waals surface area (Å²) in [6.07, 6.45) is 2.37. The number of Topliss-reactive ketones (excluding diaryl/α,β-unsaturated/α-hetero) is 1. The predicted octanol–water partition coefficient (Wildman–Crippen LogP) is 1.38. The molecule has 2 rings (SSSR count). The maximum absolute atomic E-state index is 12.2. The summed E-state index contributed by atoms with van der Waals surface area (Å²) in [5, 5.41) is 8.80. The summed E-state index contributed by atoms with van der Waals surface area (Å²) in [5.41, 5.74) is 7.70. The molecule has 0 aliphatic carbocycles. The van der Waals surface area contributed by atoms with Gasteiger partial charge in [0.15, 0.2) is 5.78 Å². The van der Waals surface area contributed by atoms with Gasteiger partial charge >= 0.3 is 0 Å². The Morgan fingerprint density at radius 1 is 1.42 bits per heavy atom. The van der Waals surface area contributed by atoms with Gasteiger partial charge in [0.05, 0.1) is 34.6 Å². The van der Waals surface area contributed by atoms with E-state index in [9.17, 15) is 4.79 Å². The molecule has 0 fully saturated rings. The zero-order valence-corrected chi connectivity index (χ0v) is 11.9. The number of aryl methyl sites for hydroxylation is 3. The van der Waals surface area contributed by atoms with Gasteiger partial charge in [0, 0.05) is 14.1 Å². The standard InChI is InChI=1S/C12H16ClN5O/c1-4-8-11(13)9(17(2)16-8)5-10(19)7-6-15-18(3)12(7)14/h6H,4-5,14H2,1-3H3. The Balaban J connectivity index is 2.29. The van der Waals surface area contributed by atoms with E-state index in [1.54, 1.807) is 18.8 Å². The quantitative estimate of drug-likeness (QED) is 0.859. The number of hydrogen-bond donors (Lipinski definition) is 1. The summed E-state index contributed by atoms with van der Waals surface area (Å²) in [5.74, 6) is 0.247. The maximum atomic E-state index is 12.2. The molecule has 2 heterocycles. The van der Waals surface area contributed by atoms with Gasteiger partial charge in [-0.1, -0.05) is 18.5 Å². The minimum absolute atomic E-state index is 0.113. The highest BCUT2D eigenvalue weighted by Gasteiger charge is 2.20. The molecule has 102 valence electrons. The van der Waals surface area contributed by atoms with Gasteiger partial charge in [-0.2, -0.15) is 10.2 Å². The Morgan fingerprint density at radius 3 is 2.58 bits per heavy atom. The van der Waals surface area contributed by atoms with Crippen LogP contribution < -0.4 is 5.73 Å².